The Balaban J connectivity index is 1.32. The van der Waals surface area contributed by atoms with E-state index < -0.39 is 5.97 Å². The molecule has 1 aliphatic rings. The highest BCUT2D eigenvalue weighted by molar-refractivity contribution is 7.10. The zero-order chi connectivity index (χ0) is 25.7. The number of ether oxygens (including phenoxy) is 2. The molecule has 3 heterocycles. The molecule has 0 aliphatic carbocycles. The summed E-state index contributed by atoms with van der Waals surface area (Å²) in [5, 5.41) is 10.0. The Bertz CT molecular complexity index is 1380. The van der Waals surface area contributed by atoms with Gasteiger partial charge in [-0.3, -0.25) is 4.79 Å². The van der Waals surface area contributed by atoms with Crippen LogP contribution in [0.1, 0.15) is 45.8 Å². The molecule has 5 rings (SSSR count). The number of aromatic nitrogens is 3. The van der Waals surface area contributed by atoms with Gasteiger partial charge >= 0.3 is 11.9 Å². The molecule has 1 N–H and O–H groups in total. The van der Waals surface area contributed by atoms with Crippen molar-refractivity contribution in [1.82, 2.24) is 20.4 Å². The summed E-state index contributed by atoms with van der Waals surface area (Å²) >= 11 is 1.62. The number of carbonyl (C=O) groups excluding carboxylic acids is 2. The number of amides is 1. The molecular weight excluding hydrogens is 492 g/mol. The summed E-state index contributed by atoms with van der Waals surface area (Å²) < 4.78 is 15.5. The van der Waals surface area contributed by atoms with Crippen LogP contribution in [-0.4, -0.2) is 53.4 Å². The van der Waals surface area contributed by atoms with E-state index in [9.17, 15) is 9.59 Å². The van der Waals surface area contributed by atoms with Crippen molar-refractivity contribution in [2.24, 2.45) is 0 Å². The molecule has 9 nitrogen and oxygen atoms in total. The van der Waals surface area contributed by atoms with Crippen LogP contribution in [0.4, 0.5) is 0 Å². The van der Waals surface area contributed by atoms with Gasteiger partial charge in [0.1, 0.15) is 5.01 Å². The Labute approximate surface area is 217 Å². The third kappa shape index (κ3) is 5.45. The van der Waals surface area contributed by atoms with Crippen LogP contribution < -0.4 is 5.32 Å². The maximum atomic E-state index is 13.2. The molecule has 190 valence electrons. The molecule has 0 unspecified atom stereocenters. The van der Waals surface area contributed by atoms with Crippen LogP contribution in [0, 0.1) is 0 Å². The minimum Gasteiger partial charge on any atom is -0.459 e. The summed E-state index contributed by atoms with van der Waals surface area (Å²) in [6, 6.07) is 16.9. The van der Waals surface area contributed by atoms with Gasteiger partial charge in [0.2, 0.25) is 5.82 Å². The maximum Gasteiger partial charge on any atom is 0.397 e. The number of benzene rings is 2. The fraction of sp³-hybridized carbons (Fsp3) is 0.296. The molecule has 1 amide bonds. The van der Waals surface area contributed by atoms with Crippen LogP contribution in [0.5, 0.6) is 0 Å². The molecule has 0 atom stereocenters. The standard InChI is InChI=1S/C27H26N4O5S/c1-2-35-25(33)24-30-22(31-36-24)19-9-6-10-20(15-19)23(32)28-17-27(11-13-34-14-12-27)26-29-21(16-37-26)18-7-4-3-5-8-18/h3-10,15-16H,2,11-14,17H2,1H3,(H,28,32). The number of carbonyl (C=O) groups is 2. The highest BCUT2D eigenvalue weighted by atomic mass is 32.1. The monoisotopic (exact) mass is 518 g/mol. The number of nitrogens with one attached hydrogen (secondary N) is 1. The number of hydrogen-bond acceptors (Lipinski definition) is 9. The molecule has 37 heavy (non-hydrogen) atoms. The second kappa shape index (κ2) is 11.0. The molecule has 10 heteroatoms. The Hall–Kier alpha value is -3.89. The molecule has 0 saturated carbocycles. The number of hydrogen-bond donors (Lipinski definition) is 1. The van der Waals surface area contributed by atoms with E-state index in [0.29, 0.717) is 30.9 Å². The Morgan fingerprint density at radius 2 is 1.84 bits per heavy atom. The molecule has 1 aliphatic heterocycles. The van der Waals surface area contributed by atoms with Crippen LogP contribution in [0.2, 0.25) is 0 Å². The second-order valence-electron chi connectivity index (χ2n) is 8.70. The first-order chi connectivity index (χ1) is 18.1. The van der Waals surface area contributed by atoms with Crippen LogP contribution in [0.15, 0.2) is 64.5 Å². The van der Waals surface area contributed by atoms with Crippen molar-refractivity contribution in [3.8, 4) is 22.6 Å². The van der Waals surface area contributed by atoms with Crippen LogP contribution in [0.3, 0.4) is 0 Å². The number of thiazole rings is 1. The van der Waals surface area contributed by atoms with Gasteiger partial charge in [-0.1, -0.05) is 47.6 Å². The lowest BCUT2D eigenvalue weighted by atomic mass is 9.80. The molecule has 0 bridgehead atoms. The lowest BCUT2D eigenvalue weighted by Crippen LogP contribution is -2.44. The Kier molecular flexibility index (Phi) is 7.38. The predicted octanol–water partition coefficient (Wildman–Crippen LogP) is 4.52. The van der Waals surface area contributed by atoms with Gasteiger partial charge in [0.15, 0.2) is 0 Å². The van der Waals surface area contributed by atoms with Crippen LogP contribution in [-0.2, 0) is 14.9 Å². The van der Waals surface area contributed by atoms with E-state index in [-0.39, 0.29) is 29.6 Å². The highest BCUT2D eigenvalue weighted by Crippen LogP contribution is 2.38. The zero-order valence-electron chi connectivity index (χ0n) is 20.3. The quantitative estimate of drug-likeness (QED) is 0.339. The predicted molar refractivity (Wildman–Crippen MR) is 137 cm³/mol. The lowest BCUT2D eigenvalue weighted by Gasteiger charge is -2.35. The van der Waals surface area contributed by atoms with E-state index >= 15 is 0 Å². The SMILES string of the molecule is CCOC(=O)c1nc(-c2cccc(C(=O)NCC3(c4nc(-c5ccccc5)cs4)CCOCC3)c2)no1. The molecule has 1 saturated heterocycles. The van der Waals surface area contributed by atoms with E-state index in [1.165, 1.54) is 0 Å². The van der Waals surface area contributed by atoms with Crippen LogP contribution >= 0.6 is 11.3 Å². The number of rotatable bonds is 8. The average Bonchev–Trinajstić information content (AvgIpc) is 3.64. The van der Waals surface area contributed by atoms with Crippen molar-refractivity contribution in [2.75, 3.05) is 26.4 Å². The largest absolute Gasteiger partial charge is 0.459 e. The first-order valence-electron chi connectivity index (χ1n) is 12.1. The van der Waals surface area contributed by atoms with E-state index in [4.69, 9.17) is 19.0 Å². The van der Waals surface area contributed by atoms with E-state index in [1.54, 1.807) is 42.5 Å². The first-order valence-corrected chi connectivity index (χ1v) is 12.9. The van der Waals surface area contributed by atoms with Crippen molar-refractivity contribution in [1.29, 1.82) is 0 Å². The summed E-state index contributed by atoms with van der Waals surface area (Å²) in [5.41, 5.74) is 2.71. The van der Waals surface area contributed by atoms with Crippen molar-refractivity contribution >= 4 is 23.2 Å². The minimum atomic E-state index is -0.686. The lowest BCUT2D eigenvalue weighted by molar-refractivity contribution is 0.0470. The average molecular weight is 519 g/mol. The van der Waals surface area contributed by atoms with Crippen molar-refractivity contribution < 1.29 is 23.6 Å². The normalized spacial score (nSPS) is 14.7. The zero-order valence-corrected chi connectivity index (χ0v) is 21.1. The molecule has 0 radical (unpaired) electrons. The summed E-state index contributed by atoms with van der Waals surface area (Å²) in [6.07, 6.45) is 1.54. The number of esters is 1. The Morgan fingerprint density at radius 1 is 1.05 bits per heavy atom. The second-order valence-corrected chi connectivity index (χ2v) is 9.56. The van der Waals surface area contributed by atoms with Crippen LogP contribution in [0.25, 0.3) is 22.6 Å². The third-order valence-electron chi connectivity index (χ3n) is 6.32. The van der Waals surface area contributed by atoms with Gasteiger partial charge in [0.25, 0.3) is 5.91 Å². The molecule has 2 aromatic carbocycles. The molecular formula is C27H26N4O5S. The van der Waals surface area contributed by atoms with Gasteiger partial charge in [0.05, 0.1) is 12.3 Å². The van der Waals surface area contributed by atoms with Crippen molar-refractivity contribution in [3.05, 3.63) is 76.4 Å². The minimum absolute atomic E-state index is 0.203. The molecule has 2 aromatic heterocycles. The number of nitrogens with zero attached hydrogens (tertiary/aromatic N) is 3. The third-order valence-corrected chi connectivity index (χ3v) is 7.41. The van der Waals surface area contributed by atoms with Crippen molar-refractivity contribution in [2.45, 2.75) is 25.2 Å². The summed E-state index contributed by atoms with van der Waals surface area (Å²) in [4.78, 5) is 34.1. The van der Waals surface area contributed by atoms with Gasteiger partial charge < -0.3 is 19.3 Å². The summed E-state index contributed by atoms with van der Waals surface area (Å²) in [5.74, 6) is -0.933. The topological polar surface area (TPSA) is 116 Å². The summed E-state index contributed by atoms with van der Waals surface area (Å²) in [6.45, 7) is 3.57. The molecule has 4 aromatic rings. The van der Waals surface area contributed by atoms with Gasteiger partial charge in [0, 0.05) is 47.2 Å². The van der Waals surface area contributed by atoms with Gasteiger partial charge in [-0.2, -0.15) is 4.98 Å². The fourth-order valence-corrected chi connectivity index (χ4v) is 5.34. The van der Waals surface area contributed by atoms with E-state index in [0.717, 1.165) is 29.1 Å². The summed E-state index contributed by atoms with van der Waals surface area (Å²) in [7, 11) is 0. The van der Waals surface area contributed by atoms with Crippen molar-refractivity contribution in [3.63, 3.8) is 0 Å². The van der Waals surface area contributed by atoms with E-state index in [1.807, 2.05) is 30.3 Å². The smallest absolute Gasteiger partial charge is 0.397 e. The molecule has 1 fully saturated rings. The van der Waals surface area contributed by atoms with E-state index in [2.05, 4.69) is 20.8 Å². The first kappa shape index (κ1) is 24.8. The highest BCUT2D eigenvalue weighted by Gasteiger charge is 2.38. The van der Waals surface area contributed by atoms with Gasteiger partial charge in [-0.25, -0.2) is 9.78 Å². The van der Waals surface area contributed by atoms with Gasteiger partial charge in [-0.15, -0.1) is 11.3 Å². The Morgan fingerprint density at radius 3 is 2.62 bits per heavy atom. The maximum absolute atomic E-state index is 13.2. The molecule has 0 spiro atoms. The van der Waals surface area contributed by atoms with Gasteiger partial charge in [-0.05, 0) is 31.9 Å². The fourth-order valence-electron chi connectivity index (χ4n) is 4.25.